The molecule has 1 unspecified atom stereocenters. The van der Waals surface area contributed by atoms with Gasteiger partial charge < -0.3 is 15.2 Å². The highest BCUT2D eigenvalue weighted by molar-refractivity contribution is 4.91. The van der Waals surface area contributed by atoms with Gasteiger partial charge in [0.05, 0.1) is 13.2 Å². The summed E-state index contributed by atoms with van der Waals surface area (Å²) in [5.41, 5.74) is 6.20. The predicted molar refractivity (Wildman–Crippen MR) is 84.0 cm³/mol. The Balaban J connectivity index is 2.53. The number of hydrogen-bond acceptors (Lipinski definition) is 4. The first-order valence-corrected chi connectivity index (χ1v) is 8.27. The van der Waals surface area contributed by atoms with Gasteiger partial charge in [0.1, 0.15) is 0 Å². The van der Waals surface area contributed by atoms with Crippen LogP contribution in [0.3, 0.4) is 0 Å². The van der Waals surface area contributed by atoms with E-state index in [1.54, 1.807) is 0 Å². The summed E-state index contributed by atoms with van der Waals surface area (Å²) in [7, 11) is 0. The monoisotopic (exact) mass is 286 g/mol. The molecular weight excluding hydrogens is 252 g/mol. The molecule has 120 valence electrons. The van der Waals surface area contributed by atoms with E-state index in [0.29, 0.717) is 6.54 Å². The highest BCUT2D eigenvalue weighted by Gasteiger charge is 2.34. The zero-order chi connectivity index (χ0) is 14.8. The fourth-order valence-electron chi connectivity index (χ4n) is 2.95. The summed E-state index contributed by atoms with van der Waals surface area (Å²) >= 11 is 0. The van der Waals surface area contributed by atoms with E-state index in [2.05, 4.69) is 11.8 Å². The summed E-state index contributed by atoms with van der Waals surface area (Å²) < 4.78 is 11.1. The summed E-state index contributed by atoms with van der Waals surface area (Å²) in [6.45, 7) is 12.1. The van der Waals surface area contributed by atoms with Crippen molar-refractivity contribution in [3.8, 4) is 0 Å². The van der Waals surface area contributed by atoms with Crippen molar-refractivity contribution < 1.29 is 9.47 Å². The Morgan fingerprint density at radius 1 is 1.10 bits per heavy atom. The van der Waals surface area contributed by atoms with Crippen LogP contribution in [-0.2, 0) is 9.47 Å². The summed E-state index contributed by atoms with van der Waals surface area (Å²) in [6, 6.07) is 0. The molecule has 0 aromatic carbocycles. The molecule has 0 heterocycles. The molecule has 0 bridgehead atoms. The zero-order valence-corrected chi connectivity index (χ0v) is 13.7. The summed E-state index contributed by atoms with van der Waals surface area (Å²) in [5.74, 6) is 0.866. The fourth-order valence-corrected chi connectivity index (χ4v) is 2.95. The lowest BCUT2D eigenvalue weighted by atomic mass is 9.76. The molecule has 1 aliphatic rings. The second-order valence-corrected chi connectivity index (χ2v) is 6.08. The van der Waals surface area contributed by atoms with Crippen molar-refractivity contribution in [3.05, 3.63) is 0 Å². The second-order valence-electron chi connectivity index (χ2n) is 6.08. The Morgan fingerprint density at radius 2 is 1.65 bits per heavy atom. The molecule has 0 radical (unpaired) electrons. The first-order chi connectivity index (χ1) is 9.66. The van der Waals surface area contributed by atoms with Crippen molar-refractivity contribution in [3.63, 3.8) is 0 Å². The zero-order valence-electron chi connectivity index (χ0n) is 13.7. The molecule has 0 amide bonds. The highest BCUT2D eigenvalue weighted by Crippen LogP contribution is 2.35. The van der Waals surface area contributed by atoms with Gasteiger partial charge in [-0.1, -0.05) is 19.3 Å². The Labute approximate surface area is 125 Å². The van der Waals surface area contributed by atoms with Crippen LogP contribution in [0.15, 0.2) is 0 Å². The van der Waals surface area contributed by atoms with Crippen LogP contribution in [0.4, 0.5) is 0 Å². The van der Waals surface area contributed by atoms with Crippen molar-refractivity contribution in [1.29, 1.82) is 0 Å². The van der Waals surface area contributed by atoms with Crippen molar-refractivity contribution in [2.75, 3.05) is 46.1 Å². The minimum atomic E-state index is 0.0826. The largest absolute Gasteiger partial charge is 0.380 e. The van der Waals surface area contributed by atoms with E-state index in [0.717, 1.165) is 45.4 Å². The van der Waals surface area contributed by atoms with Crippen LogP contribution in [0.2, 0.25) is 0 Å². The number of rotatable bonds is 12. The molecule has 0 saturated heterocycles. The minimum absolute atomic E-state index is 0.0826. The molecule has 0 aliphatic heterocycles. The van der Waals surface area contributed by atoms with Crippen LogP contribution in [-0.4, -0.2) is 56.5 Å². The number of nitrogens with zero attached hydrogens (tertiary/aromatic N) is 1. The Hall–Kier alpha value is -0.160. The minimum Gasteiger partial charge on any atom is -0.380 e. The molecular formula is C16H34N2O2. The summed E-state index contributed by atoms with van der Waals surface area (Å²) in [4.78, 5) is 2.48. The smallest absolute Gasteiger partial charge is 0.0593 e. The van der Waals surface area contributed by atoms with Gasteiger partial charge in [0.2, 0.25) is 0 Å². The molecule has 1 aliphatic carbocycles. The van der Waals surface area contributed by atoms with E-state index < -0.39 is 0 Å². The summed E-state index contributed by atoms with van der Waals surface area (Å²) in [5, 5.41) is 0. The van der Waals surface area contributed by atoms with Crippen LogP contribution >= 0.6 is 0 Å². The lowest BCUT2D eigenvalue weighted by Gasteiger charge is -2.44. The molecule has 1 saturated carbocycles. The molecule has 4 heteroatoms. The topological polar surface area (TPSA) is 47.7 Å². The molecule has 1 rings (SSSR count). The maximum atomic E-state index is 6.12. The third-order valence-corrected chi connectivity index (χ3v) is 4.58. The fraction of sp³-hybridized carbons (Fsp3) is 1.00. The van der Waals surface area contributed by atoms with Crippen molar-refractivity contribution in [2.45, 2.75) is 52.0 Å². The van der Waals surface area contributed by atoms with E-state index >= 15 is 0 Å². The average Bonchev–Trinajstić information content (AvgIpc) is 2.41. The lowest BCUT2D eigenvalue weighted by molar-refractivity contribution is 0.0129. The van der Waals surface area contributed by atoms with Crippen LogP contribution in [0.25, 0.3) is 0 Å². The van der Waals surface area contributed by atoms with E-state index in [1.807, 2.05) is 13.8 Å². The van der Waals surface area contributed by atoms with Crippen molar-refractivity contribution in [2.24, 2.45) is 11.7 Å². The van der Waals surface area contributed by atoms with Crippen LogP contribution < -0.4 is 5.73 Å². The van der Waals surface area contributed by atoms with Gasteiger partial charge in [0.25, 0.3) is 0 Å². The first-order valence-electron chi connectivity index (χ1n) is 8.27. The van der Waals surface area contributed by atoms with Crippen molar-refractivity contribution >= 4 is 0 Å². The second kappa shape index (κ2) is 9.72. The van der Waals surface area contributed by atoms with E-state index in [1.165, 1.54) is 25.7 Å². The Bertz CT molecular complexity index is 237. The molecule has 0 aromatic heterocycles. The van der Waals surface area contributed by atoms with Gasteiger partial charge in [0, 0.05) is 38.4 Å². The number of nitrogens with two attached hydrogens (primary N) is 1. The third-order valence-electron chi connectivity index (χ3n) is 4.58. The molecule has 0 spiro atoms. The standard InChI is InChI=1S/C16H34N2O2/c1-4-19-11-9-18(10-12-20-5-2)16(3,14-17)13-15-7-6-8-15/h15H,4-14,17H2,1-3H3. The number of hydrogen-bond donors (Lipinski definition) is 1. The van der Waals surface area contributed by atoms with Gasteiger partial charge in [-0.2, -0.15) is 0 Å². The van der Waals surface area contributed by atoms with Crippen molar-refractivity contribution in [1.82, 2.24) is 4.90 Å². The van der Waals surface area contributed by atoms with Gasteiger partial charge in [0.15, 0.2) is 0 Å². The molecule has 20 heavy (non-hydrogen) atoms. The van der Waals surface area contributed by atoms with Gasteiger partial charge in [-0.15, -0.1) is 0 Å². The molecule has 1 atom stereocenters. The van der Waals surface area contributed by atoms with E-state index in [4.69, 9.17) is 15.2 Å². The molecule has 2 N–H and O–H groups in total. The predicted octanol–water partition coefficient (Wildman–Crippen LogP) is 2.27. The average molecular weight is 286 g/mol. The van der Waals surface area contributed by atoms with Gasteiger partial charge in [-0.05, 0) is 33.1 Å². The normalized spacial score (nSPS) is 19.1. The van der Waals surface area contributed by atoms with Crippen LogP contribution in [0, 0.1) is 5.92 Å². The Morgan fingerprint density at radius 3 is 2.00 bits per heavy atom. The first kappa shape index (κ1) is 17.9. The maximum Gasteiger partial charge on any atom is 0.0593 e. The van der Waals surface area contributed by atoms with E-state index in [9.17, 15) is 0 Å². The van der Waals surface area contributed by atoms with Gasteiger partial charge in [-0.3, -0.25) is 4.90 Å². The van der Waals surface area contributed by atoms with Crippen LogP contribution in [0.1, 0.15) is 46.5 Å². The molecule has 4 nitrogen and oxygen atoms in total. The highest BCUT2D eigenvalue weighted by atomic mass is 16.5. The Kier molecular flexibility index (Phi) is 8.69. The SMILES string of the molecule is CCOCCN(CCOCC)C(C)(CN)CC1CCC1. The number of ether oxygens (including phenoxy) is 2. The van der Waals surface area contributed by atoms with Gasteiger partial charge >= 0.3 is 0 Å². The lowest BCUT2D eigenvalue weighted by Crippen LogP contribution is -2.55. The quantitative estimate of drug-likeness (QED) is 0.559. The third kappa shape index (κ3) is 5.68. The maximum absolute atomic E-state index is 6.12. The van der Waals surface area contributed by atoms with Crippen LogP contribution in [0.5, 0.6) is 0 Å². The molecule has 1 fully saturated rings. The molecule has 0 aromatic rings. The summed E-state index contributed by atoms with van der Waals surface area (Å²) in [6.07, 6.45) is 5.35. The van der Waals surface area contributed by atoms with Gasteiger partial charge in [-0.25, -0.2) is 0 Å². The van der Waals surface area contributed by atoms with E-state index in [-0.39, 0.29) is 5.54 Å².